The first-order valence-corrected chi connectivity index (χ1v) is 12.4. The molecule has 6 heteroatoms. The van der Waals surface area contributed by atoms with Crippen LogP contribution in [0.4, 0.5) is 5.00 Å². The number of likely N-dealkylation sites (tertiary alicyclic amines) is 1. The number of esters is 1. The van der Waals surface area contributed by atoms with E-state index in [0.29, 0.717) is 23.1 Å². The van der Waals surface area contributed by atoms with Gasteiger partial charge in [0.05, 0.1) is 13.2 Å². The van der Waals surface area contributed by atoms with E-state index >= 15 is 0 Å². The molecule has 33 heavy (non-hydrogen) atoms. The lowest BCUT2D eigenvalue weighted by Crippen LogP contribution is -2.41. The first-order chi connectivity index (χ1) is 16.2. The van der Waals surface area contributed by atoms with Gasteiger partial charge in [0.1, 0.15) is 10.6 Å². The van der Waals surface area contributed by atoms with Gasteiger partial charge in [-0.3, -0.25) is 4.79 Å². The van der Waals surface area contributed by atoms with E-state index in [-0.39, 0.29) is 18.4 Å². The van der Waals surface area contributed by atoms with Gasteiger partial charge in [0.2, 0.25) is 5.91 Å². The minimum Gasteiger partial charge on any atom is -0.462 e. The summed E-state index contributed by atoms with van der Waals surface area (Å²) in [4.78, 5) is 27.5. The number of carbonyl (C=O) groups is 2. The van der Waals surface area contributed by atoms with Crippen LogP contribution in [0.2, 0.25) is 0 Å². The summed E-state index contributed by atoms with van der Waals surface area (Å²) in [7, 11) is 0. The zero-order chi connectivity index (χ0) is 23.0. The Bertz CT molecular complexity index is 1060. The van der Waals surface area contributed by atoms with Crippen molar-refractivity contribution in [2.45, 2.75) is 26.2 Å². The predicted molar refractivity (Wildman–Crippen MR) is 134 cm³/mol. The maximum atomic E-state index is 12.9. The molecule has 1 aliphatic heterocycles. The fourth-order valence-electron chi connectivity index (χ4n) is 4.33. The van der Waals surface area contributed by atoms with Gasteiger partial charge in [0, 0.05) is 24.0 Å². The summed E-state index contributed by atoms with van der Waals surface area (Å²) in [6, 6.07) is 20.3. The first kappa shape index (κ1) is 23.1. The maximum absolute atomic E-state index is 12.9. The summed E-state index contributed by atoms with van der Waals surface area (Å²) in [6.07, 6.45) is 3.11. The predicted octanol–water partition coefficient (Wildman–Crippen LogP) is 5.49. The van der Waals surface area contributed by atoms with Crippen LogP contribution >= 0.6 is 11.3 Å². The van der Waals surface area contributed by atoms with Crippen molar-refractivity contribution in [3.63, 3.8) is 0 Å². The monoisotopic (exact) mass is 462 g/mol. The lowest BCUT2D eigenvalue weighted by Gasteiger charge is -2.32. The van der Waals surface area contributed by atoms with E-state index in [0.717, 1.165) is 43.5 Å². The summed E-state index contributed by atoms with van der Waals surface area (Å²) in [5.41, 5.74) is 3.65. The quantitative estimate of drug-likeness (QED) is 0.450. The minimum atomic E-state index is -0.366. The van der Waals surface area contributed by atoms with Gasteiger partial charge < -0.3 is 15.0 Å². The third-order valence-electron chi connectivity index (χ3n) is 6.09. The van der Waals surface area contributed by atoms with Crippen LogP contribution in [0.5, 0.6) is 0 Å². The summed E-state index contributed by atoms with van der Waals surface area (Å²) in [5.74, 6) is 0.317. The fraction of sp³-hybridized carbons (Fsp3) is 0.333. The Hall–Kier alpha value is -3.12. The van der Waals surface area contributed by atoms with E-state index in [1.54, 1.807) is 6.92 Å². The Morgan fingerprint density at radius 3 is 2.36 bits per heavy atom. The summed E-state index contributed by atoms with van der Waals surface area (Å²) >= 11 is 1.43. The fourth-order valence-corrected chi connectivity index (χ4v) is 5.28. The van der Waals surface area contributed by atoms with Crippen molar-refractivity contribution < 1.29 is 14.3 Å². The number of benzene rings is 2. The van der Waals surface area contributed by atoms with Crippen LogP contribution in [-0.4, -0.2) is 43.0 Å². The highest BCUT2D eigenvalue weighted by atomic mass is 32.1. The van der Waals surface area contributed by atoms with Crippen molar-refractivity contribution in [2.75, 3.05) is 31.6 Å². The third kappa shape index (κ3) is 5.82. The molecule has 3 aromatic rings. The molecule has 0 unspecified atom stereocenters. The van der Waals surface area contributed by atoms with Gasteiger partial charge in [-0.1, -0.05) is 60.7 Å². The smallest absolute Gasteiger partial charge is 0.341 e. The molecule has 5 nitrogen and oxygen atoms in total. The van der Waals surface area contributed by atoms with Gasteiger partial charge in [-0.25, -0.2) is 4.79 Å². The molecule has 4 rings (SSSR count). The number of piperidine rings is 1. The Labute approximate surface area is 199 Å². The van der Waals surface area contributed by atoms with Crippen LogP contribution < -0.4 is 5.32 Å². The van der Waals surface area contributed by atoms with Gasteiger partial charge in [-0.2, -0.15) is 0 Å². The largest absolute Gasteiger partial charge is 0.462 e. The average molecular weight is 463 g/mol. The molecule has 2 heterocycles. The van der Waals surface area contributed by atoms with Gasteiger partial charge in [-0.05, 0) is 43.2 Å². The Balaban J connectivity index is 1.36. The second-order valence-corrected chi connectivity index (χ2v) is 9.19. The zero-order valence-corrected chi connectivity index (χ0v) is 19.8. The van der Waals surface area contributed by atoms with Crippen molar-refractivity contribution in [1.29, 1.82) is 0 Å². The van der Waals surface area contributed by atoms with Crippen LogP contribution in [-0.2, 0) is 16.0 Å². The van der Waals surface area contributed by atoms with Crippen molar-refractivity contribution in [3.8, 4) is 11.1 Å². The molecule has 1 fully saturated rings. The topological polar surface area (TPSA) is 58.6 Å². The Morgan fingerprint density at radius 1 is 1.03 bits per heavy atom. The van der Waals surface area contributed by atoms with Gasteiger partial charge >= 0.3 is 5.97 Å². The molecule has 0 aliphatic carbocycles. The van der Waals surface area contributed by atoms with E-state index in [1.165, 1.54) is 16.9 Å². The van der Waals surface area contributed by atoms with Crippen molar-refractivity contribution in [2.24, 2.45) is 5.92 Å². The second-order valence-electron chi connectivity index (χ2n) is 8.31. The molecular formula is C27H30N2O3S. The van der Waals surface area contributed by atoms with E-state index in [9.17, 15) is 9.59 Å². The molecule has 0 spiro atoms. The second kappa shape index (κ2) is 11.1. The number of anilines is 1. The number of nitrogens with zero attached hydrogens (tertiary/aromatic N) is 1. The van der Waals surface area contributed by atoms with Crippen LogP contribution in [0, 0.1) is 5.92 Å². The van der Waals surface area contributed by atoms with E-state index in [1.807, 2.05) is 46.7 Å². The summed E-state index contributed by atoms with van der Waals surface area (Å²) < 4.78 is 5.31. The number of ether oxygens (including phenoxy) is 1. The van der Waals surface area contributed by atoms with Gasteiger partial charge in [0.25, 0.3) is 0 Å². The molecule has 0 atom stereocenters. The highest BCUT2D eigenvalue weighted by molar-refractivity contribution is 7.15. The lowest BCUT2D eigenvalue weighted by molar-refractivity contribution is -0.130. The molecule has 172 valence electrons. The van der Waals surface area contributed by atoms with Crippen molar-refractivity contribution in [3.05, 3.63) is 77.2 Å². The highest BCUT2D eigenvalue weighted by Crippen LogP contribution is 2.36. The van der Waals surface area contributed by atoms with Gasteiger partial charge in [0.15, 0.2) is 0 Å². The van der Waals surface area contributed by atoms with E-state index < -0.39 is 0 Å². The Morgan fingerprint density at radius 2 is 1.70 bits per heavy atom. The summed E-state index contributed by atoms with van der Waals surface area (Å²) in [5, 5.41) is 5.85. The van der Waals surface area contributed by atoms with Crippen LogP contribution in [0.25, 0.3) is 11.1 Å². The zero-order valence-electron chi connectivity index (χ0n) is 19.0. The molecule has 1 N–H and O–H groups in total. The SMILES string of the molecule is CCOC(=O)c1c(-c2ccccc2)csc1NCC(=O)N1CCC(Cc2ccccc2)CC1. The molecule has 1 saturated heterocycles. The van der Waals surface area contributed by atoms with Crippen molar-refractivity contribution >= 4 is 28.2 Å². The van der Waals surface area contributed by atoms with Crippen LogP contribution in [0.15, 0.2) is 66.0 Å². The molecule has 0 radical (unpaired) electrons. The van der Waals surface area contributed by atoms with Crippen LogP contribution in [0.3, 0.4) is 0 Å². The molecule has 1 amide bonds. The molecule has 1 aliphatic rings. The van der Waals surface area contributed by atoms with Crippen LogP contribution in [0.1, 0.15) is 35.7 Å². The standard InChI is InChI=1S/C27H30N2O3S/c1-2-32-27(31)25-23(22-11-7-4-8-12-22)19-33-26(25)28-18-24(30)29-15-13-21(14-16-29)17-20-9-5-3-6-10-20/h3-12,19,21,28H,2,13-18H2,1H3. The molecule has 2 aromatic carbocycles. The number of carbonyl (C=O) groups excluding carboxylic acids is 2. The normalized spacial score (nSPS) is 14.2. The molecular weight excluding hydrogens is 432 g/mol. The highest BCUT2D eigenvalue weighted by Gasteiger charge is 2.25. The number of amides is 1. The Kier molecular flexibility index (Phi) is 7.79. The number of hydrogen-bond donors (Lipinski definition) is 1. The van der Waals surface area contributed by atoms with Crippen molar-refractivity contribution in [1.82, 2.24) is 4.90 Å². The summed E-state index contributed by atoms with van der Waals surface area (Å²) in [6.45, 7) is 3.83. The lowest BCUT2D eigenvalue weighted by atomic mass is 9.90. The molecule has 1 aromatic heterocycles. The van der Waals surface area contributed by atoms with E-state index in [2.05, 4.69) is 29.6 Å². The number of nitrogens with one attached hydrogen (secondary N) is 1. The van der Waals surface area contributed by atoms with Gasteiger partial charge in [-0.15, -0.1) is 11.3 Å². The number of thiophene rings is 1. The average Bonchev–Trinajstić information content (AvgIpc) is 3.28. The third-order valence-corrected chi connectivity index (χ3v) is 7.03. The number of rotatable bonds is 8. The molecule has 0 bridgehead atoms. The maximum Gasteiger partial charge on any atom is 0.341 e. The molecule has 0 saturated carbocycles. The van der Waals surface area contributed by atoms with E-state index in [4.69, 9.17) is 4.74 Å². The number of hydrogen-bond acceptors (Lipinski definition) is 5. The first-order valence-electron chi connectivity index (χ1n) is 11.5. The minimum absolute atomic E-state index is 0.0673.